The Morgan fingerprint density at radius 1 is 1.16 bits per heavy atom. The second kappa shape index (κ2) is 9.15. The fourth-order valence-corrected chi connectivity index (χ4v) is 2.33. The Morgan fingerprint density at radius 3 is 2.42 bits per heavy atom. The summed E-state index contributed by atoms with van der Waals surface area (Å²) in [6.07, 6.45) is 2.34. The largest absolute Gasteiger partial charge is 0.355 e. The Bertz CT molecular complexity index is 292. The highest BCUT2D eigenvalue weighted by molar-refractivity contribution is 6.17. The number of halogens is 1. The summed E-state index contributed by atoms with van der Waals surface area (Å²) in [7, 11) is 0. The molecule has 0 bridgehead atoms. The van der Waals surface area contributed by atoms with E-state index in [0.717, 1.165) is 39.0 Å². The topological polar surface area (TPSA) is 52.7 Å². The molecular weight excluding hydrogens is 266 g/mol. The quantitative estimate of drug-likeness (QED) is 0.554. The zero-order valence-electron chi connectivity index (χ0n) is 11.7. The van der Waals surface area contributed by atoms with Gasteiger partial charge in [-0.1, -0.05) is 0 Å². The van der Waals surface area contributed by atoms with Gasteiger partial charge in [0.05, 0.1) is 6.54 Å². The van der Waals surface area contributed by atoms with Gasteiger partial charge in [-0.15, -0.1) is 11.6 Å². The summed E-state index contributed by atoms with van der Waals surface area (Å²) in [5.41, 5.74) is 0. The van der Waals surface area contributed by atoms with Crippen molar-refractivity contribution in [3.8, 4) is 0 Å². The van der Waals surface area contributed by atoms with Crippen LogP contribution in [0.2, 0.25) is 0 Å². The van der Waals surface area contributed by atoms with Gasteiger partial charge in [0.1, 0.15) is 0 Å². The number of amides is 2. The normalized spacial score (nSPS) is 16.4. The van der Waals surface area contributed by atoms with Crippen molar-refractivity contribution < 1.29 is 9.59 Å². The number of hydrogen-bond donors (Lipinski definition) is 1. The highest BCUT2D eigenvalue weighted by Gasteiger charge is 2.21. The molecule has 0 atom stereocenters. The van der Waals surface area contributed by atoms with Crippen LogP contribution in [0.5, 0.6) is 0 Å². The van der Waals surface area contributed by atoms with E-state index in [2.05, 4.69) is 10.2 Å². The third kappa shape index (κ3) is 6.25. The fourth-order valence-electron chi connectivity index (χ4n) is 2.14. The van der Waals surface area contributed by atoms with Gasteiger partial charge in [0.25, 0.3) is 0 Å². The zero-order valence-corrected chi connectivity index (χ0v) is 12.4. The highest BCUT2D eigenvalue weighted by atomic mass is 35.5. The molecule has 2 amide bonds. The molecule has 1 fully saturated rings. The van der Waals surface area contributed by atoms with Gasteiger partial charge in [0.15, 0.2) is 0 Å². The van der Waals surface area contributed by atoms with Gasteiger partial charge < -0.3 is 10.2 Å². The van der Waals surface area contributed by atoms with E-state index < -0.39 is 0 Å². The van der Waals surface area contributed by atoms with Crippen molar-refractivity contribution in [2.24, 2.45) is 0 Å². The first-order valence-corrected chi connectivity index (χ1v) is 7.53. The van der Waals surface area contributed by atoms with E-state index in [4.69, 9.17) is 11.6 Å². The van der Waals surface area contributed by atoms with Gasteiger partial charge in [-0.05, 0) is 19.8 Å². The number of carbonyl (C=O) groups excluding carboxylic acids is 2. The number of unbranched alkanes of at least 4 members (excludes halogenated alkanes) is 1. The zero-order chi connectivity index (χ0) is 14.1. The minimum Gasteiger partial charge on any atom is -0.355 e. The van der Waals surface area contributed by atoms with Crippen molar-refractivity contribution >= 4 is 23.4 Å². The Morgan fingerprint density at radius 2 is 1.84 bits per heavy atom. The molecule has 0 aromatic carbocycles. The van der Waals surface area contributed by atoms with E-state index in [1.165, 1.54) is 0 Å². The van der Waals surface area contributed by atoms with Crippen LogP contribution < -0.4 is 5.32 Å². The van der Waals surface area contributed by atoms with Crippen molar-refractivity contribution in [1.29, 1.82) is 0 Å². The van der Waals surface area contributed by atoms with Gasteiger partial charge in [-0.2, -0.15) is 0 Å². The standard InChI is InChI=1S/C13H24ClN3O2/c1-2-15-12(18)11-16-7-9-17(10-8-16)13(19)5-3-4-6-14/h2-11H2,1H3,(H,15,18). The van der Waals surface area contributed by atoms with Gasteiger partial charge in [-0.25, -0.2) is 0 Å². The van der Waals surface area contributed by atoms with Crippen LogP contribution in [-0.2, 0) is 9.59 Å². The molecule has 0 aliphatic carbocycles. The van der Waals surface area contributed by atoms with E-state index >= 15 is 0 Å². The second-order valence-electron chi connectivity index (χ2n) is 4.76. The third-order valence-electron chi connectivity index (χ3n) is 3.24. The second-order valence-corrected chi connectivity index (χ2v) is 5.13. The number of carbonyl (C=O) groups is 2. The maximum Gasteiger partial charge on any atom is 0.234 e. The lowest BCUT2D eigenvalue weighted by molar-refractivity contribution is -0.133. The minimum atomic E-state index is 0.0596. The van der Waals surface area contributed by atoms with Crippen LogP contribution >= 0.6 is 11.6 Å². The molecule has 1 N–H and O–H groups in total. The molecule has 6 heteroatoms. The molecule has 5 nitrogen and oxygen atoms in total. The molecule has 0 unspecified atom stereocenters. The Labute approximate surface area is 120 Å². The number of hydrogen-bond acceptors (Lipinski definition) is 3. The van der Waals surface area contributed by atoms with E-state index in [9.17, 15) is 9.59 Å². The molecular formula is C13H24ClN3O2. The molecule has 1 saturated heterocycles. The van der Waals surface area contributed by atoms with Crippen LogP contribution in [0.3, 0.4) is 0 Å². The van der Waals surface area contributed by atoms with Gasteiger partial charge in [0.2, 0.25) is 11.8 Å². The van der Waals surface area contributed by atoms with E-state index in [0.29, 0.717) is 25.4 Å². The lowest BCUT2D eigenvalue weighted by atomic mass is 10.2. The van der Waals surface area contributed by atoms with Gasteiger partial charge in [0, 0.05) is 45.0 Å². The number of nitrogens with one attached hydrogen (secondary N) is 1. The summed E-state index contributed by atoms with van der Waals surface area (Å²) < 4.78 is 0. The summed E-state index contributed by atoms with van der Waals surface area (Å²) in [6.45, 7) is 6.00. The Balaban J connectivity index is 2.21. The molecule has 0 spiro atoms. The van der Waals surface area contributed by atoms with Crippen LogP contribution in [0.15, 0.2) is 0 Å². The molecule has 1 heterocycles. The predicted molar refractivity (Wildman–Crippen MR) is 76.3 cm³/mol. The Kier molecular flexibility index (Phi) is 7.82. The molecule has 1 aliphatic rings. The maximum atomic E-state index is 11.9. The average molecular weight is 290 g/mol. The lowest BCUT2D eigenvalue weighted by Crippen LogP contribution is -2.51. The van der Waals surface area contributed by atoms with Crippen LogP contribution in [0.1, 0.15) is 26.2 Å². The van der Waals surface area contributed by atoms with Gasteiger partial charge >= 0.3 is 0 Å². The smallest absolute Gasteiger partial charge is 0.234 e. The van der Waals surface area contributed by atoms with Crippen molar-refractivity contribution in [2.75, 3.05) is 45.1 Å². The van der Waals surface area contributed by atoms with Crippen LogP contribution in [0.4, 0.5) is 0 Å². The van der Waals surface area contributed by atoms with Crippen molar-refractivity contribution in [2.45, 2.75) is 26.2 Å². The molecule has 19 heavy (non-hydrogen) atoms. The molecule has 0 aromatic heterocycles. The monoisotopic (exact) mass is 289 g/mol. The summed E-state index contributed by atoms with van der Waals surface area (Å²) in [5, 5.41) is 2.79. The maximum absolute atomic E-state index is 11.9. The van der Waals surface area contributed by atoms with Crippen LogP contribution in [0, 0.1) is 0 Å². The Hall–Kier alpha value is -0.810. The van der Waals surface area contributed by atoms with Crippen LogP contribution in [0.25, 0.3) is 0 Å². The SMILES string of the molecule is CCNC(=O)CN1CCN(C(=O)CCCCCl)CC1. The summed E-state index contributed by atoms with van der Waals surface area (Å²) in [4.78, 5) is 27.3. The van der Waals surface area contributed by atoms with Crippen LogP contribution in [-0.4, -0.2) is 66.8 Å². The number of alkyl halides is 1. The number of likely N-dealkylation sites (N-methyl/N-ethyl adjacent to an activating group) is 1. The molecule has 0 saturated carbocycles. The van der Waals surface area contributed by atoms with E-state index in [1.807, 2.05) is 11.8 Å². The molecule has 1 rings (SSSR count). The van der Waals surface area contributed by atoms with E-state index in [-0.39, 0.29) is 11.8 Å². The summed E-state index contributed by atoms with van der Waals surface area (Å²) >= 11 is 5.59. The third-order valence-corrected chi connectivity index (χ3v) is 3.51. The van der Waals surface area contributed by atoms with Crippen molar-refractivity contribution in [1.82, 2.24) is 15.1 Å². The molecule has 0 aromatic rings. The first-order chi connectivity index (χ1) is 9.17. The predicted octanol–water partition coefficient (Wildman–Crippen LogP) is 0.676. The highest BCUT2D eigenvalue weighted by Crippen LogP contribution is 2.06. The lowest BCUT2D eigenvalue weighted by Gasteiger charge is -2.34. The number of nitrogens with zero attached hydrogens (tertiary/aromatic N) is 2. The first-order valence-electron chi connectivity index (χ1n) is 7.00. The first kappa shape index (κ1) is 16.2. The molecule has 0 radical (unpaired) electrons. The number of piperazine rings is 1. The number of rotatable bonds is 7. The molecule has 110 valence electrons. The van der Waals surface area contributed by atoms with Crippen molar-refractivity contribution in [3.63, 3.8) is 0 Å². The van der Waals surface area contributed by atoms with Gasteiger partial charge in [-0.3, -0.25) is 14.5 Å². The van der Waals surface area contributed by atoms with Crippen molar-refractivity contribution in [3.05, 3.63) is 0 Å². The minimum absolute atomic E-state index is 0.0596. The summed E-state index contributed by atoms with van der Waals surface area (Å²) in [5.74, 6) is 0.889. The average Bonchev–Trinajstić information content (AvgIpc) is 2.40. The van der Waals surface area contributed by atoms with E-state index in [1.54, 1.807) is 0 Å². The fraction of sp³-hybridized carbons (Fsp3) is 0.846. The summed E-state index contributed by atoms with van der Waals surface area (Å²) in [6, 6.07) is 0. The molecule has 1 aliphatic heterocycles.